The lowest BCUT2D eigenvalue weighted by atomic mass is 10.2. The molecule has 0 spiro atoms. The van der Waals surface area contributed by atoms with Crippen LogP contribution >= 0.6 is 11.8 Å². The van der Waals surface area contributed by atoms with E-state index in [2.05, 4.69) is 4.98 Å². The van der Waals surface area contributed by atoms with Gasteiger partial charge in [-0.1, -0.05) is 0 Å². The first-order valence-corrected chi connectivity index (χ1v) is 8.60. The predicted molar refractivity (Wildman–Crippen MR) is 84.3 cm³/mol. The molecule has 23 heavy (non-hydrogen) atoms. The number of carbonyl (C=O) groups is 3. The number of thioether (sulfide) groups is 1. The van der Waals surface area contributed by atoms with E-state index in [1.54, 1.807) is 16.7 Å². The van der Waals surface area contributed by atoms with Crippen LogP contribution in [0.2, 0.25) is 0 Å². The van der Waals surface area contributed by atoms with Gasteiger partial charge in [0.15, 0.2) is 0 Å². The minimum Gasteiger partial charge on any atom is -0.477 e. The van der Waals surface area contributed by atoms with Crippen molar-refractivity contribution in [2.75, 3.05) is 24.7 Å². The Hall–Kier alpha value is -2.09. The maximum atomic E-state index is 12.6. The fraction of sp³-hybridized carbons (Fsp3) is 0.467. The van der Waals surface area contributed by atoms with E-state index in [9.17, 15) is 14.4 Å². The van der Waals surface area contributed by atoms with E-state index in [1.807, 2.05) is 4.90 Å². The molecule has 122 valence electrons. The molecule has 0 radical (unpaired) electrons. The van der Waals surface area contributed by atoms with E-state index < -0.39 is 12.0 Å². The molecule has 7 nitrogen and oxygen atoms in total. The number of aromatic nitrogens is 1. The van der Waals surface area contributed by atoms with Crippen molar-refractivity contribution in [2.24, 2.45) is 0 Å². The molecule has 1 N–H and O–H groups in total. The Labute approximate surface area is 137 Å². The minimum atomic E-state index is -1.14. The first-order chi connectivity index (χ1) is 11.1. The molecule has 1 unspecified atom stereocenters. The summed E-state index contributed by atoms with van der Waals surface area (Å²) < 4.78 is 0. The lowest BCUT2D eigenvalue weighted by molar-refractivity contribution is -0.133. The summed E-state index contributed by atoms with van der Waals surface area (Å²) >= 11 is 1.55. The molecule has 8 heteroatoms. The molecule has 2 saturated heterocycles. The maximum absolute atomic E-state index is 12.6. The second-order valence-corrected chi connectivity index (χ2v) is 6.56. The third-order valence-corrected chi connectivity index (χ3v) is 5.09. The van der Waals surface area contributed by atoms with E-state index in [1.165, 1.54) is 18.3 Å². The number of nitrogens with zero attached hydrogens (tertiary/aromatic N) is 3. The van der Waals surface area contributed by atoms with Crippen molar-refractivity contribution in [3.63, 3.8) is 0 Å². The number of likely N-dealkylation sites (tertiary alicyclic amines) is 1. The first kappa shape index (κ1) is 15.8. The van der Waals surface area contributed by atoms with E-state index in [0.29, 0.717) is 17.2 Å². The van der Waals surface area contributed by atoms with Crippen molar-refractivity contribution in [1.29, 1.82) is 0 Å². The molecule has 2 aliphatic rings. The van der Waals surface area contributed by atoms with Gasteiger partial charge in [0, 0.05) is 25.0 Å². The van der Waals surface area contributed by atoms with Gasteiger partial charge in [0.25, 0.3) is 5.91 Å². The van der Waals surface area contributed by atoms with Gasteiger partial charge in [-0.05, 0) is 25.0 Å². The van der Waals surface area contributed by atoms with Gasteiger partial charge in [-0.3, -0.25) is 9.59 Å². The average Bonchev–Trinajstić information content (AvgIpc) is 3.25. The smallest absolute Gasteiger partial charge is 0.354 e. The molecule has 1 atom stereocenters. The molecule has 2 aliphatic heterocycles. The van der Waals surface area contributed by atoms with Gasteiger partial charge in [0.05, 0.1) is 11.4 Å². The first-order valence-electron chi connectivity index (χ1n) is 7.45. The Morgan fingerprint density at radius 2 is 1.96 bits per heavy atom. The lowest BCUT2D eigenvalue weighted by Gasteiger charge is -2.27. The number of carboxylic acids is 1. The van der Waals surface area contributed by atoms with Crippen LogP contribution < -0.4 is 0 Å². The highest BCUT2D eigenvalue weighted by Gasteiger charge is 2.38. The highest BCUT2D eigenvalue weighted by molar-refractivity contribution is 7.99. The van der Waals surface area contributed by atoms with Crippen LogP contribution in [0.4, 0.5) is 0 Å². The van der Waals surface area contributed by atoms with E-state index in [0.717, 1.165) is 25.9 Å². The summed E-state index contributed by atoms with van der Waals surface area (Å²) in [7, 11) is 0. The lowest BCUT2D eigenvalue weighted by Crippen LogP contribution is -2.48. The van der Waals surface area contributed by atoms with Crippen LogP contribution in [-0.4, -0.2) is 68.4 Å². The molecule has 0 saturated carbocycles. The molecule has 1 aromatic heterocycles. The van der Waals surface area contributed by atoms with Crippen molar-refractivity contribution >= 4 is 29.5 Å². The number of amides is 2. The Morgan fingerprint density at radius 3 is 2.57 bits per heavy atom. The largest absolute Gasteiger partial charge is 0.477 e. The Balaban J connectivity index is 1.74. The Morgan fingerprint density at radius 1 is 1.22 bits per heavy atom. The second kappa shape index (κ2) is 6.57. The average molecular weight is 335 g/mol. The summed E-state index contributed by atoms with van der Waals surface area (Å²) in [5.74, 6) is -0.346. The van der Waals surface area contributed by atoms with Crippen molar-refractivity contribution in [1.82, 2.24) is 14.8 Å². The highest BCUT2D eigenvalue weighted by Crippen LogP contribution is 2.25. The minimum absolute atomic E-state index is 0.0102. The third kappa shape index (κ3) is 3.17. The number of hydrogen-bond donors (Lipinski definition) is 1. The summed E-state index contributed by atoms with van der Waals surface area (Å²) in [6.07, 6.45) is 3.28. The molecule has 0 aliphatic carbocycles. The summed E-state index contributed by atoms with van der Waals surface area (Å²) in [6, 6.07) is 2.31. The number of aromatic carboxylic acids is 1. The van der Waals surface area contributed by atoms with Crippen molar-refractivity contribution in [3.8, 4) is 0 Å². The van der Waals surface area contributed by atoms with Gasteiger partial charge in [0.1, 0.15) is 11.7 Å². The van der Waals surface area contributed by atoms with Crippen LogP contribution in [0, 0.1) is 0 Å². The molecule has 0 bridgehead atoms. The monoisotopic (exact) mass is 335 g/mol. The number of hydrogen-bond acceptors (Lipinski definition) is 5. The fourth-order valence-corrected chi connectivity index (χ4v) is 3.95. The van der Waals surface area contributed by atoms with Crippen LogP contribution in [0.1, 0.15) is 33.7 Å². The number of rotatable bonds is 3. The molecule has 3 rings (SSSR count). The van der Waals surface area contributed by atoms with Crippen molar-refractivity contribution in [3.05, 3.63) is 29.6 Å². The van der Waals surface area contributed by atoms with Gasteiger partial charge in [0.2, 0.25) is 5.91 Å². The van der Waals surface area contributed by atoms with E-state index in [-0.39, 0.29) is 17.5 Å². The molecule has 0 aromatic carbocycles. The molecule has 2 amide bonds. The van der Waals surface area contributed by atoms with Crippen LogP contribution in [0.5, 0.6) is 0 Å². The van der Waals surface area contributed by atoms with Crippen LogP contribution in [0.3, 0.4) is 0 Å². The van der Waals surface area contributed by atoms with Crippen molar-refractivity contribution < 1.29 is 19.5 Å². The third-order valence-electron chi connectivity index (χ3n) is 4.08. The van der Waals surface area contributed by atoms with Gasteiger partial charge in [-0.15, -0.1) is 11.8 Å². The van der Waals surface area contributed by atoms with Crippen LogP contribution in [-0.2, 0) is 4.79 Å². The van der Waals surface area contributed by atoms with Gasteiger partial charge < -0.3 is 14.9 Å². The fourth-order valence-electron chi connectivity index (χ4n) is 2.81. The zero-order valence-corrected chi connectivity index (χ0v) is 13.3. The van der Waals surface area contributed by atoms with Gasteiger partial charge in [-0.25, -0.2) is 9.78 Å². The Kier molecular flexibility index (Phi) is 4.51. The second-order valence-electron chi connectivity index (χ2n) is 5.56. The standard InChI is InChI=1S/C15H17N3O4S/c19-13(10-3-4-11(15(21)22)16-7-10)18-9-23-8-12(18)14(20)17-5-1-2-6-17/h3-4,7,12H,1-2,5-6,8-9H2,(H,21,22). The van der Waals surface area contributed by atoms with E-state index in [4.69, 9.17) is 5.11 Å². The van der Waals surface area contributed by atoms with Crippen LogP contribution in [0.25, 0.3) is 0 Å². The Bertz CT molecular complexity index is 628. The van der Waals surface area contributed by atoms with Gasteiger partial charge in [-0.2, -0.15) is 0 Å². The zero-order valence-electron chi connectivity index (χ0n) is 12.5. The predicted octanol–water partition coefficient (Wildman–Crippen LogP) is 0.917. The molecular formula is C15H17N3O4S. The number of pyridine rings is 1. The molecular weight excluding hydrogens is 318 g/mol. The topological polar surface area (TPSA) is 90.8 Å². The quantitative estimate of drug-likeness (QED) is 0.883. The SMILES string of the molecule is O=C(O)c1ccc(C(=O)N2CSCC2C(=O)N2CCCC2)cn1. The molecule has 3 heterocycles. The number of carboxylic acid groups (broad SMARTS) is 1. The maximum Gasteiger partial charge on any atom is 0.354 e. The van der Waals surface area contributed by atoms with Crippen LogP contribution in [0.15, 0.2) is 18.3 Å². The summed E-state index contributed by atoms with van der Waals surface area (Å²) in [6.45, 7) is 1.52. The summed E-state index contributed by atoms with van der Waals surface area (Å²) in [5.41, 5.74) is 0.193. The summed E-state index contributed by atoms with van der Waals surface area (Å²) in [4.78, 5) is 43.1. The van der Waals surface area contributed by atoms with E-state index >= 15 is 0 Å². The normalized spacial score (nSPS) is 20.8. The molecule has 1 aromatic rings. The number of carbonyl (C=O) groups excluding carboxylic acids is 2. The van der Waals surface area contributed by atoms with Gasteiger partial charge >= 0.3 is 5.97 Å². The highest BCUT2D eigenvalue weighted by atomic mass is 32.2. The zero-order chi connectivity index (χ0) is 16.4. The molecule has 2 fully saturated rings. The summed E-state index contributed by atoms with van der Waals surface area (Å²) in [5, 5.41) is 8.85. The van der Waals surface area contributed by atoms with Crippen molar-refractivity contribution in [2.45, 2.75) is 18.9 Å².